The molecule has 2 aliphatic rings. The van der Waals surface area contributed by atoms with Crippen LogP contribution in [0.2, 0.25) is 0 Å². The Bertz CT molecular complexity index is 774. The number of benzene rings is 2. The van der Waals surface area contributed by atoms with Crippen molar-refractivity contribution in [2.75, 3.05) is 13.2 Å². The second-order valence-corrected chi connectivity index (χ2v) is 8.58. The first-order valence-corrected chi connectivity index (χ1v) is 11.1. The number of hydrogen-bond donors (Lipinski definition) is 0. The van der Waals surface area contributed by atoms with Crippen molar-refractivity contribution in [3.63, 3.8) is 0 Å². The Morgan fingerprint density at radius 3 is 1.27 bits per heavy atom. The highest BCUT2D eigenvalue weighted by Crippen LogP contribution is 2.43. The Labute approximate surface area is 178 Å². The number of carbonyl (C=O) groups is 2. The third-order valence-electron chi connectivity index (χ3n) is 6.90. The van der Waals surface area contributed by atoms with Crippen LogP contribution in [0.3, 0.4) is 0 Å². The van der Waals surface area contributed by atoms with E-state index >= 15 is 0 Å². The molecule has 0 saturated heterocycles. The maximum Gasteiger partial charge on any atom is 0.316 e. The second-order valence-electron chi connectivity index (χ2n) is 8.58. The second kappa shape index (κ2) is 9.03. The van der Waals surface area contributed by atoms with E-state index in [0.717, 1.165) is 62.5 Å². The van der Waals surface area contributed by atoms with Gasteiger partial charge < -0.3 is 9.47 Å². The Morgan fingerprint density at radius 2 is 0.933 bits per heavy atom. The minimum atomic E-state index is -0.554. The van der Waals surface area contributed by atoms with Gasteiger partial charge in [-0.2, -0.15) is 0 Å². The fraction of sp³-hybridized carbons (Fsp3) is 0.462. The van der Waals surface area contributed by atoms with Gasteiger partial charge >= 0.3 is 11.9 Å². The Balaban J connectivity index is 1.35. The number of rotatable bonds is 7. The van der Waals surface area contributed by atoms with E-state index in [2.05, 4.69) is 0 Å². The van der Waals surface area contributed by atoms with Crippen molar-refractivity contribution in [1.29, 1.82) is 0 Å². The van der Waals surface area contributed by atoms with Gasteiger partial charge in [0.2, 0.25) is 0 Å². The molecular weight excluding hydrogens is 376 g/mol. The first-order chi connectivity index (χ1) is 14.7. The summed E-state index contributed by atoms with van der Waals surface area (Å²) >= 11 is 0. The molecule has 0 bridgehead atoms. The Hall–Kier alpha value is -2.62. The zero-order valence-corrected chi connectivity index (χ0v) is 17.5. The van der Waals surface area contributed by atoms with Crippen molar-refractivity contribution in [1.82, 2.24) is 0 Å². The molecule has 0 amide bonds. The summed E-state index contributed by atoms with van der Waals surface area (Å²) in [5.41, 5.74) is 0.946. The van der Waals surface area contributed by atoms with Gasteiger partial charge in [-0.15, -0.1) is 0 Å². The van der Waals surface area contributed by atoms with E-state index in [0.29, 0.717) is 0 Å². The molecule has 2 fully saturated rings. The van der Waals surface area contributed by atoms with E-state index < -0.39 is 10.8 Å². The molecule has 0 aromatic heterocycles. The van der Waals surface area contributed by atoms with Crippen LogP contribution in [0.5, 0.6) is 0 Å². The van der Waals surface area contributed by atoms with E-state index in [9.17, 15) is 9.59 Å². The first kappa shape index (κ1) is 20.6. The fourth-order valence-corrected chi connectivity index (χ4v) is 5.24. The lowest BCUT2D eigenvalue weighted by Gasteiger charge is -2.28. The van der Waals surface area contributed by atoms with Gasteiger partial charge in [0.25, 0.3) is 0 Å². The Morgan fingerprint density at radius 1 is 0.600 bits per heavy atom. The lowest BCUT2D eigenvalue weighted by molar-refractivity contribution is -0.159. The molecule has 0 atom stereocenters. The van der Waals surface area contributed by atoms with Crippen LogP contribution < -0.4 is 0 Å². The van der Waals surface area contributed by atoms with Crippen LogP contribution in [0, 0.1) is 0 Å². The van der Waals surface area contributed by atoms with Crippen LogP contribution in [0.4, 0.5) is 0 Å². The average Bonchev–Trinajstić information content (AvgIpc) is 3.49. The van der Waals surface area contributed by atoms with Crippen LogP contribution in [-0.2, 0) is 29.9 Å². The molecule has 0 N–H and O–H groups in total. The quantitative estimate of drug-likeness (QED) is 0.474. The highest BCUT2D eigenvalue weighted by molar-refractivity contribution is 5.84. The molecule has 158 valence electrons. The van der Waals surface area contributed by atoms with Gasteiger partial charge in [-0.1, -0.05) is 86.3 Å². The smallest absolute Gasteiger partial charge is 0.316 e. The first-order valence-electron chi connectivity index (χ1n) is 11.1. The molecule has 4 heteroatoms. The standard InChI is InChI=1S/C26H30O4/c27-23(25(15-7-8-16-25)21-11-3-1-4-12-21)29-19-20-30-24(28)26(17-9-10-18-26)22-13-5-2-6-14-22/h1-6,11-14H,7-10,15-20H2. The molecule has 2 aliphatic carbocycles. The van der Waals surface area contributed by atoms with E-state index in [1.165, 1.54) is 0 Å². The molecule has 0 radical (unpaired) electrons. The molecule has 0 heterocycles. The third kappa shape index (κ3) is 3.88. The predicted molar refractivity (Wildman–Crippen MR) is 115 cm³/mol. The summed E-state index contributed by atoms with van der Waals surface area (Å²) in [6.07, 6.45) is 7.35. The maximum atomic E-state index is 13.0. The van der Waals surface area contributed by atoms with E-state index in [1.54, 1.807) is 0 Å². The molecule has 2 saturated carbocycles. The van der Waals surface area contributed by atoms with Gasteiger partial charge in [-0.25, -0.2) is 0 Å². The predicted octanol–water partition coefficient (Wildman–Crippen LogP) is 5.10. The summed E-state index contributed by atoms with van der Waals surface area (Å²) in [6.45, 7) is 0.202. The van der Waals surface area contributed by atoms with Gasteiger partial charge in [0.05, 0.1) is 10.8 Å². The van der Waals surface area contributed by atoms with Crippen molar-refractivity contribution < 1.29 is 19.1 Å². The van der Waals surface area contributed by atoms with Crippen LogP contribution in [0.1, 0.15) is 62.5 Å². The molecule has 2 aromatic rings. The summed E-state index contributed by atoms with van der Waals surface area (Å²) in [7, 11) is 0. The van der Waals surface area contributed by atoms with Gasteiger partial charge in [-0.05, 0) is 36.8 Å². The molecule has 0 unspecified atom stereocenters. The molecular formula is C26H30O4. The Kier molecular flexibility index (Phi) is 6.21. The van der Waals surface area contributed by atoms with Crippen molar-refractivity contribution >= 4 is 11.9 Å². The van der Waals surface area contributed by atoms with E-state index in [1.807, 2.05) is 60.7 Å². The molecule has 0 aliphatic heterocycles. The largest absolute Gasteiger partial charge is 0.461 e. The third-order valence-corrected chi connectivity index (χ3v) is 6.90. The van der Waals surface area contributed by atoms with Crippen LogP contribution >= 0.6 is 0 Å². The topological polar surface area (TPSA) is 52.6 Å². The molecule has 30 heavy (non-hydrogen) atoms. The lowest BCUT2D eigenvalue weighted by atomic mass is 9.79. The summed E-state index contributed by atoms with van der Waals surface area (Å²) in [6, 6.07) is 19.8. The summed E-state index contributed by atoms with van der Waals surface area (Å²) in [4.78, 5) is 26.0. The van der Waals surface area contributed by atoms with E-state index in [4.69, 9.17) is 9.47 Å². The normalized spacial score (nSPS) is 19.3. The van der Waals surface area contributed by atoms with E-state index in [-0.39, 0.29) is 25.2 Å². The highest BCUT2D eigenvalue weighted by Gasteiger charge is 2.45. The molecule has 4 nitrogen and oxygen atoms in total. The molecule has 0 spiro atoms. The van der Waals surface area contributed by atoms with Gasteiger partial charge in [-0.3, -0.25) is 9.59 Å². The maximum absolute atomic E-state index is 13.0. The summed E-state index contributed by atoms with van der Waals surface area (Å²) in [5.74, 6) is -0.387. The number of carbonyl (C=O) groups excluding carboxylic acids is 2. The summed E-state index contributed by atoms with van der Waals surface area (Å²) < 4.78 is 11.2. The van der Waals surface area contributed by atoms with Gasteiger partial charge in [0.15, 0.2) is 0 Å². The molecule has 4 rings (SSSR count). The zero-order chi connectivity index (χ0) is 20.9. The van der Waals surface area contributed by atoms with Crippen molar-refractivity contribution in [2.45, 2.75) is 62.2 Å². The minimum Gasteiger partial charge on any atom is -0.461 e. The van der Waals surface area contributed by atoms with Crippen LogP contribution in [-0.4, -0.2) is 25.2 Å². The molecule has 2 aromatic carbocycles. The number of hydrogen-bond acceptors (Lipinski definition) is 4. The lowest BCUT2D eigenvalue weighted by Crippen LogP contribution is -2.37. The van der Waals surface area contributed by atoms with Crippen molar-refractivity contribution in [3.8, 4) is 0 Å². The van der Waals surface area contributed by atoms with Crippen molar-refractivity contribution in [3.05, 3.63) is 71.8 Å². The number of ether oxygens (including phenoxy) is 2. The van der Waals surface area contributed by atoms with Crippen LogP contribution in [0.15, 0.2) is 60.7 Å². The zero-order valence-electron chi connectivity index (χ0n) is 17.5. The van der Waals surface area contributed by atoms with Gasteiger partial charge in [0.1, 0.15) is 13.2 Å². The monoisotopic (exact) mass is 406 g/mol. The average molecular weight is 407 g/mol. The highest BCUT2D eigenvalue weighted by atomic mass is 16.6. The SMILES string of the molecule is O=C(OCCOC(=O)C1(c2ccccc2)CCCC1)C1(c2ccccc2)CCCC1. The number of esters is 2. The van der Waals surface area contributed by atoms with Crippen LogP contribution in [0.25, 0.3) is 0 Å². The summed E-state index contributed by atoms with van der Waals surface area (Å²) in [5, 5.41) is 0. The minimum absolute atomic E-state index is 0.101. The van der Waals surface area contributed by atoms with Gasteiger partial charge in [0, 0.05) is 0 Å². The van der Waals surface area contributed by atoms with Crippen molar-refractivity contribution in [2.24, 2.45) is 0 Å². The fourth-order valence-electron chi connectivity index (χ4n) is 5.24.